The first-order valence-corrected chi connectivity index (χ1v) is 14.9. The monoisotopic (exact) mass is 580 g/mol. The molecule has 0 fully saturated rings. The first-order valence-electron chi connectivity index (χ1n) is 12.1. The Morgan fingerprint density at radius 2 is 0.850 bits per heavy atom. The van der Waals surface area contributed by atoms with Crippen molar-refractivity contribution in [2.45, 2.75) is 23.6 Å². The van der Waals surface area contributed by atoms with E-state index in [2.05, 4.69) is 0 Å². The molecule has 0 amide bonds. The van der Waals surface area contributed by atoms with Crippen molar-refractivity contribution in [2.75, 3.05) is 14.2 Å². The van der Waals surface area contributed by atoms with Crippen LogP contribution in [0.4, 0.5) is 0 Å². The summed E-state index contributed by atoms with van der Waals surface area (Å²) in [7, 11) is -5.36. The van der Waals surface area contributed by atoms with E-state index in [1.165, 1.54) is 50.6 Å². The van der Waals surface area contributed by atoms with Gasteiger partial charge in [-0.15, -0.1) is 0 Å². The molecule has 8 nitrogen and oxygen atoms in total. The Kier molecular flexibility index (Phi) is 8.51. The van der Waals surface area contributed by atoms with Gasteiger partial charge in [-0.1, -0.05) is 59.7 Å². The van der Waals surface area contributed by atoms with Gasteiger partial charge in [0.15, 0.2) is 23.0 Å². The third kappa shape index (κ3) is 6.83. The van der Waals surface area contributed by atoms with E-state index in [1.807, 2.05) is 13.8 Å². The van der Waals surface area contributed by atoms with Crippen LogP contribution in [0.3, 0.4) is 0 Å². The molecule has 4 rings (SSSR count). The van der Waals surface area contributed by atoms with Crippen LogP contribution in [-0.2, 0) is 20.2 Å². The molecule has 0 heterocycles. The predicted octanol–water partition coefficient (Wildman–Crippen LogP) is 6.03. The van der Waals surface area contributed by atoms with Gasteiger partial charge in [0, 0.05) is 0 Å². The second-order valence-corrected chi connectivity index (χ2v) is 11.9. The van der Waals surface area contributed by atoms with Gasteiger partial charge in [-0.2, -0.15) is 16.8 Å². The molecule has 0 unspecified atom stereocenters. The predicted molar refractivity (Wildman–Crippen MR) is 153 cm³/mol. The summed E-state index contributed by atoms with van der Waals surface area (Å²) in [4.78, 5) is 0.0416. The van der Waals surface area contributed by atoms with E-state index in [0.717, 1.165) is 11.1 Å². The molecule has 40 heavy (non-hydrogen) atoms. The molecule has 0 bridgehead atoms. The normalized spacial score (nSPS) is 11.8. The summed E-state index contributed by atoms with van der Waals surface area (Å²) in [5.41, 5.74) is 3.06. The summed E-state index contributed by atoms with van der Waals surface area (Å²) in [5, 5.41) is 0. The van der Waals surface area contributed by atoms with Crippen molar-refractivity contribution < 1.29 is 34.7 Å². The van der Waals surface area contributed by atoms with Crippen molar-refractivity contribution >= 4 is 32.4 Å². The molecule has 0 saturated carbocycles. The van der Waals surface area contributed by atoms with Crippen LogP contribution in [0.5, 0.6) is 23.0 Å². The Balaban J connectivity index is 1.60. The van der Waals surface area contributed by atoms with Crippen molar-refractivity contribution in [3.8, 4) is 23.0 Å². The van der Waals surface area contributed by atoms with E-state index in [4.69, 9.17) is 17.8 Å². The van der Waals surface area contributed by atoms with Crippen molar-refractivity contribution in [1.29, 1.82) is 0 Å². The quantitative estimate of drug-likeness (QED) is 0.166. The Morgan fingerprint density at radius 1 is 0.500 bits per heavy atom. The summed E-state index contributed by atoms with van der Waals surface area (Å²) in [6.07, 6.45) is 3.43. The zero-order chi connectivity index (χ0) is 28.9. The number of methoxy groups -OCH3 is 2. The molecule has 0 saturated heterocycles. The molecule has 0 spiro atoms. The largest absolute Gasteiger partial charge is 0.493 e. The van der Waals surface area contributed by atoms with Crippen LogP contribution in [0.15, 0.2) is 94.7 Å². The second kappa shape index (κ2) is 11.8. The summed E-state index contributed by atoms with van der Waals surface area (Å²) < 4.78 is 72.7. The average molecular weight is 581 g/mol. The van der Waals surface area contributed by atoms with Crippen molar-refractivity contribution in [2.24, 2.45) is 0 Å². The molecule has 0 aliphatic rings. The van der Waals surface area contributed by atoms with E-state index >= 15 is 0 Å². The highest BCUT2D eigenvalue weighted by Crippen LogP contribution is 2.33. The Labute approximate surface area is 234 Å². The molecule has 0 aliphatic carbocycles. The zero-order valence-electron chi connectivity index (χ0n) is 22.3. The fraction of sp³-hybridized carbons (Fsp3) is 0.133. The maximum Gasteiger partial charge on any atom is 0.339 e. The van der Waals surface area contributed by atoms with E-state index < -0.39 is 20.2 Å². The molecule has 0 atom stereocenters. The molecule has 4 aromatic carbocycles. The van der Waals surface area contributed by atoms with Gasteiger partial charge < -0.3 is 17.8 Å². The van der Waals surface area contributed by atoms with Gasteiger partial charge in [0.25, 0.3) is 0 Å². The van der Waals surface area contributed by atoms with Crippen LogP contribution in [0.1, 0.15) is 22.3 Å². The lowest BCUT2D eigenvalue weighted by atomic mass is 10.1. The second-order valence-electron chi connectivity index (χ2n) is 8.85. The highest BCUT2D eigenvalue weighted by Gasteiger charge is 2.20. The Morgan fingerprint density at radius 3 is 1.18 bits per heavy atom. The molecule has 0 N–H and O–H groups in total. The minimum absolute atomic E-state index is 0.0208. The van der Waals surface area contributed by atoms with Gasteiger partial charge >= 0.3 is 20.2 Å². The van der Waals surface area contributed by atoms with Gasteiger partial charge in [0.05, 0.1) is 14.2 Å². The summed E-state index contributed by atoms with van der Waals surface area (Å²) >= 11 is 0. The maximum absolute atomic E-state index is 12.8. The Hall–Kier alpha value is -4.28. The van der Waals surface area contributed by atoms with Gasteiger partial charge in [-0.3, -0.25) is 0 Å². The molecular formula is C30H28O8S2. The molecule has 4 aromatic rings. The number of hydrogen-bond acceptors (Lipinski definition) is 8. The van der Waals surface area contributed by atoms with E-state index in [-0.39, 0.29) is 32.8 Å². The number of benzene rings is 4. The van der Waals surface area contributed by atoms with Crippen molar-refractivity contribution in [3.63, 3.8) is 0 Å². The fourth-order valence-corrected chi connectivity index (χ4v) is 5.52. The van der Waals surface area contributed by atoms with E-state index in [1.54, 1.807) is 60.7 Å². The number of hydrogen-bond donors (Lipinski definition) is 0. The lowest BCUT2D eigenvalue weighted by Crippen LogP contribution is -2.10. The highest BCUT2D eigenvalue weighted by atomic mass is 32.2. The maximum atomic E-state index is 12.8. The SMILES string of the molecule is COc1ccc(/C=C/c2ccc(OC)c(OS(=O)(=O)c3ccc(C)cc3)c2)cc1OS(=O)(=O)c1ccc(C)cc1. The average Bonchev–Trinajstić information content (AvgIpc) is 2.92. The third-order valence-electron chi connectivity index (χ3n) is 5.86. The molecule has 0 aliphatic heterocycles. The summed E-state index contributed by atoms with van der Waals surface area (Å²) in [6.45, 7) is 3.72. The smallest absolute Gasteiger partial charge is 0.339 e. The summed E-state index contributed by atoms with van der Waals surface area (Å²) in [6, 6.07) is 22.3. The van der Waals surface area contributed by atoms with Crippen molar-refractivity contribution in [3.05, 3.63) is 107 Å². The lowest BCUT2D eigenvalue weighted by molar-refractivity contribution is 0.390. The highest BCUT2D eigenvalue weighted by molar-refractivity contribution is 7.87. The van der Waals surface area contributed by atoms with Gasteiger partial charge in [-0.25, -0.2) is 0 Å². The van der Waals surface area contributed by atoms with Crippen LogP contribution in [0.2, 0.25) is 0 Å². The first-order chi connectivity index (χ1) is 19.0. The van der Waals surface area contributed by atoms with E-state index in [9.17, 15) is 16.8 Å². The molecule has 0 radical (unpaired) electrons. The van der Waals surface area contributed by atoms with Gasteiger partial charge in [0.2, 0.25) is 0 Å². The Bertz CT molecular complexity index is 1610. The summed E-state index contributed by atoms with van der Waals surface area (Å²) in [5.74, 6) is 0.532. The van der Waals surface area contributed by atoms with Crippen LogP contribution in [-0.4, -0.2) is 31.1 Å². The van der Waals surface area contributed by atoms with E-state index in [0.29, 0.717) is 11.1 Å². The van der Waals surface area contributed by atoms with Crippen molar-refractivity contribution in [1.82, 2.24) is 0 Å². The van der Waals surface area contributed by atoms with Crippen LogP contribution >= 0.6 is 0 Å². The van der Waals surface area contributed by atoms with Crippen LogP contribution in [0, 0.1) is 13.8 Å². The lowest BCUT2D eigenvalue weighted by Gasteiger charge is -2.12. The number of rotatable bonds is 10. The number of ether oxygens (including phenoxy) is 2. The standard InChI is InChI=1S/C30H28O8S2/c1-21-5-13-25(14-6-21)39(31,32)37-29-19-23(11-17-27(29)35-3)9-10-24-12-18-28(36-4)30(20-24)38-40(33,34)26-15-7-22(2)8-16-26/h5-20H,1-4H3/b10-9+. The molecule has 10 heteroatoms. The fourth-order valence-electron chi connectivity index (χ4n) is 3.66. The molecule has 208 valence electrons. The minimum Gasteiger partial charge on any atom is -0.493 e. The molecular weight excluding hydrogens is 552 g/mol. The first kappa shape index (κ1) is 28.7. The van der Waals surface area contributed by atoms with Crippen LogP contribution < -0.4 is 17.8 Å². The molecule has 0 aromatic heterocycles. The van der Waals surface area contributed by atoms with Gasteiger partial charge in [-0.05, 0) is 73.5 Å². The van der Waals surface area contributed by atoms with Gasteiger partial charge in [0.1, 0.15) is 9.79 Å². The van der Waals surface area contributed by atoms with Crippen LogP contribution in [0.25, 0.3) is 12.2 Å². The number of aryl methyl sites for hydroxylation is 2. The third-order valence-corrected chi connectivity index (χ3v) is 8.36. The minimum atomic E-state index is -4.09. The zero-order valence-corrected chi connectivity index (χ0v) is 24.0. The topological polar surface area (TPSA) is 105 Å².